The second-order valence-corrected chi connectivity index (χ2v) is 4.87. The molecule has 102 valence electrons. The summed E-state index contributed by atoms with van der Waals surface area (Å²) in [5.74, 6) is -0.201. The Hall–Kier alpha value is -3.08. The van der Waals surface area contributed by atoms with Crippen LogP contribution >= 0.6 is 0 Å². The third-order valence-electron chi connectivity index (χ3n) is 3.70. The Morgan fingerprint density at radius 1 is 0.857 bits per heavy atom. The monoisotopic (exact) mass is 277 g/mol. The minimum atomic E-state index is -0.201. The molecular formula is C16H11N3O2. The molecule has 2 aromatic carbocycles. The van der Waals surface area contributed by atoms with Gasteiger partial charge in [0.05, 0.1) is 11.3 Å². The second kappa shape index (κ2) is 4.21. The molecule has 5 heteroatoms. The van der Waals surface area contributed by atoms with Crippen molar-refractivity contribution in [2.75, 3.05) is 10.6 Å². The second-order valence-electron chi connectivity index (χ2n) is 4.87. The van der Waals surface area contributed by atoms with Gasteiger partial charge < -0.3 is 15.8 Å². The molecule has 2 aliphatic heterocycles. The van der Waals surface area contributed by atoms with E-state index in [4.69, 9.17) is 0 Å². The van der Waals surface area contributed by atoms with E-state index in [1.54, 1.807) is 0 Å². The standard InChI is InChI=1S/C16H11N3O2/c20-16-13(9-5-1-3-7-11(9)18-16)15-14(19-21)10-6-2-4-8-12(10)17-15/h1-8,17,21H,(H,18,20)/b15-13?,19-14+. The number of hydrogen-bond donors (Lipinski definition) is 3. The van der Waals surface area contributed by atoms with E-state index in [1.807, 2.05) is 48.5 Å². The van der Waals surface area contributed by atoms with Gasteiger partial charge in [-0.2, -0.15) is 0 Å². The van der Waals surface area contributed by atoms with Crippen molar-refractivity contribution in [3.05, 3.63) is 65.4 Å². The van der Waals surface area contributed by atoms with Gasteiger partial charge >= 0.3 is 0 Å². The lowest BCUT2D eigenvalue weighted by atomic mass is 10.0. The van der Waals surface area contributed by atoms with Crippen LogP contribution in [0.1, 0.15) is 11.1 Å². The third kappa shape index (κ3) is 1.57. The van der Waals surface area contributed by atoms with E-state index < -0.39 is 0 Å². The Kier molecular flexibility index (Phi) is 2.35. The molecule has 0 saturated carbocycles. The maximum Gasteiger partial charge on any atom is 0.258 e. The molecular weight excluding hydrogens is 266 g/mol. The van der Waals surface area contributed by atoms with Crippen LogP contribution in [0.4, 0.5) is 11.4 Å². The van der Waals surface area contributed by atoms with Crippen LogP contribution in [-0.2, 0) is 4.79 Å². The van der Waals surface area contributed by atoms with E-state index in [0.717, 1.165) is 22.5 Å². The van der Waals surface area contributed by atoms with Crippen molar-refractivity contribution in [2.24, 2.45) is 5.16 Å². The van der Waals surface area contributed by atoms with Crippen molar-refractivity contribution in [1.82, 2.24) is 0 Å². The number of oxime groups is 1. The predicted molar refractivity (Wildman–Crippen MR) is 80.4 cm³/mol. The smallest absolute Gasteiger partial charge is 0.258 e. The third-order valence-corrected chi connectivity index (χ3v) is 3.70. The largest absolute Gasteiger partial charge is 0.410 e. The van der Waals surface area contributed by atoms with Gasteiger partial charge in [-0.1, -0.05) is 41.6 Å². The summed E-state index contributed by atoms with van der Waals surface area (Å²) in [6, 6.07) is 14.9. The lowest BCUT2D eigenvalue weighted by Crippen LogP contribution is -2.12. The van der Waals surface area contributed by atoms with Crippen LogP contribution in [0.2, 0.25) is 0 Å². The lowest BCUT2D eigenvalue weighted by molar-refractivity contribution is -0.110. The van der Waals surface area contributed by atoms with Gasteiger partial charge in [-0.15, -0.1) is 0 Å². The zero-order chi connectivity index (χ0) is 14.4. The zero-order valence-corrected chi connectivity index (χ0v) is 10.9. The average Bonchev–Trinajstić information content (AvgIpc) is 3.02. The SMILES string of the molecule is O=C1Nc2ccccc2C1=C1Nc2ccccc2/C1=N\O. The molecule has 2 aromatic rings. The number of nitrogens with one attached hydrogen (secondary N) is 2. The number of carbonyl (C=O) groups is 1. The van der Waals surface area contributed by atoms with Crippen LogP contribution in [0.3, 0.4) is 0 Å². The first kappa shape index (κ1) is 11.7. The Labute approximate surface area is 120 Å². The zero-order valence-electron chi connectivity index (χ0n) is 10.9. The average molecular weight is 277 g/mol. The van der Waals surface area contributed by atoms with Crippen molar-refractivity contribution >= 4 is 28.6 Å². The number of nitrogens with zero attached hydrogens (tertiary/aromatic N) is 1. The van der Waals surface area contributed by atoms with Crippen molar-refractivity contribution in [3.63, 3.8) is 0 Å². The number of allylic oxidation sites excluding steroid dienone is 1. The number of rotatable bonds is 0. The maximum absolute atomic E-state index is 12.3. The Morgan fingerprint density at radius 3 is 2.19 bits per heavy atom. The Bertz CT molecular complexity index is 837. The first-order valence-electron chi connectivity index (χ1n) is 6.53. The molecule has 0 atom stereocenters. The highest BCUT2D eigenvalue weighted by Crippen LogP contribution is 2.38. The number of hydrogen-bond acceptors (Lipinski definition) is 4. The van der Waals surface area contributed by atoms with Crippen LogP contribution in [0, 0.1) is 0 Å². The van der Waals surface area contributed by atoms with Gasteiger partial charge in [-0.25, -0.2) is 0 Å². The summed E-state index contributed by atoms with van der Waals surface area (Å²) in [7, 11) is 0. The predicted octanol–water partition coefficient (Wildman–Crippen LogP) is 2.65. The minimum absolute atomic E-state index is 0.201. The van der Waals surface area contributed by atoms with Gasteiger partial charge in [0.2, 0.25) is 0 Å². The summed E-state index contributed by atoms with van der Waals surface area (Å²) in [5.41, 5.74) is 4.58. The minimum Gasteiger partial charge on any atom is -0.410 e. The van der Waals surface area contributed by atoms with Crippen LogP contribution in [0.15, 0.2) is 59.4 Å². The van der Waals surface area contributed by atoms with Crippen molar-refractivity contribution in [3.8, 4) is 0 Å². The Balaban J connectivity index is 1.97. The molecule has 0 saturated heterocycles. The number of benzene rings is 2. The summed E-state index contributed by atoms with van der Waals surface area (Å²) in [5, 5.41) is 18.7. The molecule has 0 spiro atoms. The fraction of sp³-hybridized carbons (Fsp3) is 0. The number of anilines is 2. The molecule has 0 aliphatic carbocycles. The van der Waals surface area contributed by atoms with Crippen LogP contribution in [0.25, 0.3) is 5.57 Å². The molecule has 0 bridgehead atoms. The molecule has 2 heterocycles. The van der Waals surface area contributed by atoms with Crippen molar-refractivity contribution in [2.45, 2.75) is 0 Å². The number of carbonyl (C=O) groups excluding carboxylic acids is 1. The van der Waals surface area contributed by atoms with E-state index in [1.165, 1.54) is 0 Å². The van der Waals surface area contributed by atoms with Crippen molar-refractivity contribution < 1.29 is 10.0 Å². The van der Waals surface area contributed by atoms with Gasteiger partial charge in [0, 0.05) is 22.5 Å². The van der Waals surface area contributed by atoms with Gasteiger partial charge in [0.1, 0.15) is 5.71 Å². The summed E-state index contributed by atoms with van der Waals surface area (Å²) in [6.07, 6.45) is 0. The molecule has 21 heavy (non-hydrogen) atoms. The topological polar surface area (TPSA) is 73.7 Å². The fourth-order valence-corrected chi connectivity index (χ4v) is 2.78. The van der Waals surface area contributed by atoms with Gasteiger partial charge in [0.15, 0.2) is 0 Å². The van der Waals surface area contributed by atoms with Gasteiger partial charge in [-0.05, 0) is 12.1 Å². The molecule has 2 aliphatic rings. The van der Waals surface area contributed by atoms with Crippen LogP contribution in [-0.4, -0.2) is 16.8 Å². The molecule has 4 rings (SSSR count). The molecule has 5 nitrogen and oxygen atoms in total. The highest BCUT2D eigenvalue weighted by atomic mass is 16.4. The number of para-hydroxylation sites is 2. The molecule has 0 aromatic heterocycles. The lowest BCUT2D eigenvalue weighted by Gasteiger charge is -2.04. The molecule has 0 fully saturated rings. The molecule has 0 radical (unpaired) electrons. The maximum atomic E-state index is 12.3. The normalized spacial score (nSPS) is 21.0. The molecule has 3 N–H and O–H groups in total. The molecule has 1 amide bonds. The number of fused-ring (bicyclic) bond motifs is 2. The first-order valence-corrected chi connectivity index (χ1v) is 6.53. The summed E-state index contributed by atoms with van der Waals surface area (Å²) >= 11 is 0. The van der Waals surface area contributed by atoms with Gasteiger partial charge in [-0.3, -0.25) is 4.79 Å². The van der Waals surface area contributed by atoms with Crippen molar-refractivity contribution in [1.29, 1.82) is 0 Å². The van der Waals surface area contributed by atoms with E-state index in [2.05, 4.69) is 15.8 Å². The summed E-state index contributed by atoms with van der Waals surface area (Å²) in [6.45, 7) is 0. The Morgan fingerprint density at radius 2 is 1.48 bits per heavy atom. The quantitative estimate of drug-likeness (QED) is 0.394. The van der Waals surface area contributed by atoms with Crippen LogP contribution in [0.5, 0.6) is 0 Å². The number of amides is 1. The van der Waals surface area contributed by atoms with Gasteiger partial charge in [0.25, 0.3) is 5.91 Å². The summed E-state index contributed by atoms with van der Waals surface area (Å²) < 4.78 is 0. The van der Waals surface area contributed by atoms with E-state index in [-0.39, 0.29) is 5.91 Å². The summed E-state index contributed by atoms with van der Waals surface area (Å²) in [4.78, 5) is 12.3. The fourth-order valence-electron chi connectivity index (χ4n) is 2.78. The first-order chi connectivity index (χ1) is 10.3. The van der Waals surface area contributed by atoms with Crippen LogP contribution < -0.4 is 10.6 Å². The highest BCUT2D eigenvalue weighted by molar-refractivity contribution is 6.39. The van der Waals surface area contributed by atoms with E-state index in [0.29, 0.717) is 17.0 Å². The highest BCUT2D eigenvalue weighted by Gasteiger charge is 2.33. The van der Waals surface area contributed by atoms with E-state index in [9.17, 15) is 10.0 Å². The van der Waals surface area contributed by atoms with E-state index >= 15 is 0 Å². The molecule has 0 unspecified atom stereocenters.